The fourth-order valence-corrected chi connectivity index (χ4v) is 4.02. The summed E-state index contributed by atoms with van der Waals surface area (Å²) in [7, 11) is 0. The molecule has 0 spiro atoms. The second-order valence-electron chi connectivity index (χ2n) is 6.30. The second kappa shape index (κ2) is 5.16. The van der Waals surface area contributed by atoms with Crippen LogP contribution >= 0.6 is 0 Å². The molecule has 1 saturated carbocycles. The molecule has 108 valence electrons. The van der Waals surface area contributed by atoms with Gasteiger partial charge in [-0.3, -0.25) is 0 Å². The van der Waals surface area contributed by atoms with Gasteiger partial charge in [0.2, 0.25) is 0 Å². The molecule has 0 saturated heterocycles. The molecule has 0 bridgehead atoms. The van der Waals surface area contributed by atoms with E-state index in [1.807, 2.05) is 0 Å². The van der Waals surface area contributed by atoms with Crippen LogP contribution in [0.2, 0.25) is 0 Å². The third kappa shape index (κ3) is 2.02. The van der Waals surface area contributed by atoms with Crippen LogP contribution < -0.4 is 4.90 Å². The van der Waals surface area contributed by atoms with Gasteiger partial charge in [0.05, 0.1) is 0 Å². The van der Waals surface area contributed by atoms with Crippen LogP contribution in [0.5, 0.6) is 0 Å². The lowest BCUT2D eigenvalue weighted by molar-refractivity contribution is 0.218. The van der Waals surface area contributed by atoms with E-state index in [4.69, 9.17) is 0 Å². The van der Waals surface area contributed by atoms with Gasteiger partial charge < -0.3 is 9.80 Å². The van der Waals surface area contributed by atoms with Crippen molar-refractivity contribution in [3.05, 3.63) is 41.2 Å². The smallest absolute Gasteiger partial charge is 0.103 e. The summed E-state index contributed by atoms with van der Waals surface area (Å²) in [6, 6.07) is 9.48. The SMILES string of the molecule is CC1=C(C)N(C2CCCC2)C(C)N1c1ccccc1C. The van der Waals surface area contributed by atoms with Crippen molar-refractivity contribution in [2.75, 3.05) is 4.90 Å². The molecule has 0 radical (unpaired) electrons. The van der Waals surface area contributed by atoms with Crippen LogP contribution in [0.4, 0.5) is 5.69 Å². The fraction of sp³-hybridized carbons (Fsp3) is 0.556. The van der Waals surface area contributed by atoms with Crippen molar-refractivity contribution < 1.29 is 0 Å². The number of hydrogen-bond acceptors (Lipinski definition) is 2. The van der Waals surface area contributed by atoms with Gasteiger partial charge in [0.25, 0.3) is 0 Å². The number of aryl methyl sites for hydroxylation is 1. The first-order chi connectivity index (χ1) is 9.61. The predicted octanol–water partition coefficient (Wildman–Crippen LogP) is 4.66. The highest BCUT2D eigenvalue weighted by Crippen LogP contribution is 2.39. The molecule has 1 heterocycles. The average Bonchev–Trinajstić information content (AvgIpc) is 3.01. The van der Waals surface area contributed by atoms with Crippen LogP contribution in [-0.2, 0) is 0 Å². The molecule has 20 heavy (non-hydrogen) atoms. The summed E-state index contributed by atoms with van der Waals surface area (Å²) in [6.07, 6.45) is 5.95. The van der Waals surface area contributed by atoms with Gasteiger partial charge in [0.15, 0.2) is 0 Å². The van der Waals surface area contributed by atoms with Crippen LogP contribution in [0.25, 0.3) is 0 Å². The second-order valence-corrected chi connectivity index (χ2v) is 6.30. The lowest BCUT2D eigenvalue weighted by atomic mass is 10.1. The number of anilines is 1. The van der Waals surface area contributed by atoms with Gasteiger partial charge >= 0.3 is 0 Å². The van der Waals surface area contributed by atoms with Crippen LogP contribution in [0.1, 0.15) is 52.0 Å². The Bertz CT molecular complexity index is 526. The molecule has 1 aliphatic carbocycles. The van der Waals surface area contributed by atoms with Crippen LogP contribution in [-0.4, -0.2) is 17.1 Å². The maximum absolute atomic E-state index is 2.66. The highest BCUT2D eigenvalue weighted by Gasteiger charge is 2.37. The molecule has 2 aliphatic rings. The highest BCUT2D eigenvalue weighted by atomic mass is 15.4. The molecule has 0 N–H and O–H groups in total. The predicted molar refractivity (Wildman–Crippen MR) is 85.6 cm³/mol. The van der Waals surface area contributed by atoms with Crippen molar-refractivity contribution >= 4 is 5.69 Å². The molecular weight excluding hydrogens is 244 g/mol. The zero-order chi connectivity index (χ0) is 14.3. The lowest BCUT2D eigenvalue weighted by Gasteiger charge is -2.36. The van der Waals surface area contributed by atoms with Crippen molar-refractivity contribution in [2.45, 2.75) is 65.6 Å². The Balaban J connectivity index is 1.96. The molecule has 0 aromatic heterocycles. The van der Waals surface area contributed by atoms with Crippen molar-refractivity contribution in [3.8, 4) is 0 Å². The topological polar surface area (TPSA) is 6.48 Å². The number of rotatable bonds is 2. The molecule has 3 rings (SSSR count). The van der Waals surface area contributed by atoms with Gasteiger partial charge in [-0.25, -0.2) is 0 Å². The van der Waals surface area contributed by atoms with Crippen molar-refractivity contribution in [1.29, 1.82) is 0 Å². The van der Waals surface area contributed by atoms with E-state index in [-0.39, 0.29) is 0 Å². The number of para-hydroxylation sites is 1. The highest BCUT2D eigenvalue weighted by molar-refractivity contribution is 5.60. The van der Waals surface area contributed by atoms with Gasteiger partial charge in [-0.05, 0) is 52.2 Å². The van der Waals surface area contributed by atoms with Crippen molar-refractivity contribution in [1.82, 2.24) is 4.90 Å². The Hall–Kier alpha value is -1.44. The molecule has 1 aromatic carbocycles. The normalized spacial score (nSPS) is 24.1. The maximum Gasteiger partial charge on any atom is 0.103 e. The van der Waals surface area contributed by atoms with Crippen molar-refractivity contribution in [2.24, 2.45) is 0 Å². The molecule has 1 aliphatic heterocycles. The van der Waals surface area contributed by atoms with E-state index < -0.39 is 0 Å². The molecule has 1 aromatic rings. The van der Waals surface area contributed by atoms with E-state index in [1.54, 1.807) is 0 Å². The zero-order valence-electron chi connectivity index (χ0n) is 13.2. The van der Waals surface area contributed by atoms with Crippen molar-refractivity contribution in [3.63, 3.8) is 0 Å². The minimum Gasteiger partial charge on any atom is -0.350 e. The monoisotopic (exact) mass is 270 g/mol. The molecule has 0 amide bonds. The number of allylic oxidation sites excluding steroid dienone is 2. The fourth-order valence-electron chi connectivity index (χ4n) is 4.02. The summed E-state index contributed by atoms with van der Waals surface area (Å²) in [5, 5.41) is 0. The lowest BCUT2D eigenvalue weighted by Crippen LogP contribution is -2.42. The van der Waals surface area contributed by atoms with E-state index in [0.29, 0.717) is 6.17 Å². The van der Waals surface area contributed by atoms with E-state index in [1.165, 1.54) is 48.3 Å². The van der Waals surface area contributed by atoms with E-state index >= 15 is 0 Å². The minimum absolute atomic E-state index is 0.444. The van der Waals surface area contributed by atoms with Crippen LogP contribution in [0, 0.1) is 6.92 Å². The van der Waals surface area contributed by atoms with Gasteiger partial charge in [-0.1, -0.05) is 31.0 Å². The van der Waals surface area contributed by atoms with E-state index in [0.717, 1.165) is 6.04 Å². The molecule has 2 nitrogen and oxygen atoms in total. The molecule has 1 unspecified atom stereocenters. The van der Waals surface area contributed by atoms with Gasteiger partial charge in [0.1, 0.15) is 6.17 Å². The summed E-state index contributed by atoms with van der Waals surface area (Å²) in [5.74, 6) is 0. The van der Waals surface area contributed by atoms with Crippen LogP contribution in [0.15, 0.2) is 35.7 Å². The quantitative estimate of drug-likeness (QED) is 0.771. The third-order valence-corrected chi connectivity index (χ3v) is 5.14. The summed E-state index contributed by atoms with van der Waals surface area (Å²) in [6.45, 7) is 9.13. The zero-order valence-corrected chi connectivity index (χ0v) is 13.2. The average molecular weight is 270 g/mol. The van der Waals surface area contributed by atoms with Gasteiger partial charge in [0, 0.05) is 23.1 Å². The maximum atomic E-state index is 2.66. The third-order valence-electron chi connectivity index (χ3n) is 5.14. The summed E-state index contributed by atoms with van der Waals surface area (Å²) < 4.78 is 0. The Labute approximate surface area is 123 Å². The molecular formula is C18H26N2. The standard InChI is InChI=1S/C18H26N2/c1-13-9-5-8-12-18(13)20-15(3)14(2)19(16(20)4)17-10-6-7-11-17/h5,8-9,12,16-17H,6-7,10-11H2,1-4H3. The first-order valence-corrected chi connectivity index (χ1v) is 7.92. The first kappa shape index (κ1) is 13.5. The molecule has 1 fully saturated rings. The van der Waals surface area contributed by atoms with Gasteiger partial charge in [-0.15, -0.1) is 0 Å². The van der Waals surface area contributed by atoms with E-state index in [9.17, 15) is 0 Å². The molecule has 1 atom stereocenters. The number of nitrogens with zero attached hydrogens (tertiary/aromatic N) is 2. The Morgan fingerprint density at radius 2 is 1.60 bits per heavy atom. The molecule has 2 heteroatoms. The Kier molecular flexibility index (Phi) is 3.49. The number of hydrogen-bond donors (Lipinski definition) is 0. The summed E-state index contributed by atoms with van der Waals surface area (Å²) in [5.41, 5.74) is 5.60. The summed E-state index contributed by atoms with van der Waals surface area (Å²) >= 11 is 0. The largest absolute Gasteiger partial charge is 0.350 e. The van der Waals surface area contributed by atoms with Gasteiger partial charge in [-0.2, -0.15) is 0 Å². The Morgan fingerprint density at radius 3 is 2.25 bits per heavy atom. The van der Waals surface area contributed by atoms with Crippen LogP contribution in [0.3, 0.4) is 0 Å². The van der Waals surface area contributed by atoms with E-state index in [2.05, 4.69) is 61.8 Å². The summed E-state index contributed by atoms with van der Waals surface area (Å²) in [4.78, 5) is 5.18. The minimum atomic E-state index is 0.444. The first-order valence-electron chi connectivity index (χ1n) is 7.92. The number of benzene rings is 1. The Morgan fingerprint density at radius 1 is 0.950 bits per heavy atom.